The number of ether oxygens (including phenoxy) is 1. The standard InChI is InChI=1S/C14H21NO4S/c1-3-4-10-8-13(10)15-20(17,18)12-5-6-14(19-2)11(7-12)9-16/h5-7,10,13,15-16H,3-4,8-9H2,1-2H3. The van der Waals surface area contributed by atoms with E-state index in [2.05, 4.69) is 11.6 Å². The molecule has 2 unspecified atom stereocenters. The number of aliphatic hydroxyl groups is 1. The van der Waals surface area contributed by atoms with Crippen LogP contribution in [0.2, 0.25) is 0 Å². The van der Waals surface area contributed by atoms with Crippen molar-refractivity contribution in [1.29, 1.82) is 0 Å². The van der Waals surface area contributed by atoms with Crippen LogP contribution in [0.5, 0.6) is 5.75 Å². The topological polar surface area (TPSA) is 75.6 Å². The lowest BCUT2D eigenvalue weighted by Gasteiger charge is -2.10. The number of benzene rings is 1. The van der Waals surface area contributed by atoms with Gasteiger partial charge in [-0.05, 0) is 37.0 Å². The van der Waals surface area contributed by atoms with Crippen LogP contribution in [-0.4, -0.2) is 26.7 Å². The van der Waals surface area contributed by atoms with Crippen molar-refractivity contribution in [3.63, 3.8) is 0 Å². The quantitative estimate of drug-likeness (QED) is 0.803. The highest BCUT2D eigenvalue weighted by atomic mass is 32.2. The molecule has 20 heavy (non-hydrogen) atoms. The van der Waals surface area contributed by atoms with Crippen molar-refractivity contribution in [2.24, 2.45) is 5.92 Å². The van der Waals surface area contributed by atoms with Gasteiger partial charge in [0.05, 0.1) is 18.6 Å². The Morgan fingerprint density at radius 2 is 2.20 bits per heavy atom. The first-order chi connectivity index (χ1) is 9.51. The molecule has 0 bridgehead atoms. The Balaban J connectivity index is 2.14. The number of rotatable bonds is 7. The van der Waals surface area contributed by atoms with Crippen molar-refractivity contribution in [1.82, 2.24) is 4.72 Å². The van der Waals surface area contributed by atoms with Gasteiger partial charge in [0.1, 0.15) is 5.75 Å². The van der Waals surface area contributed by atoms with Gasteiger partial charge in [-0.25, -0.2) is 13.1 Å². The SMILES string of the molecule is CCCC1CC1NS(=O)(=O)c1ccc(OC)c(CO)c1. The van der Waals surface area contributed by atoms with Gasteiger partial charge in [-0.15, -0.1) is 0 Å². The highest BCUT2D eigenvalue weighted by Crippen LogP contribution is 2.36. The van der Waals surface area contributed by atoms with Gasteiger partial charge >= 0.3 is 0 Å². The number of sulfonamides is 1. The lowest BCUT2D eigenvalue weighted by atomic mass is 10.2. The lowest BCUT2D eigenvalue weighted by Crippen LogP contribution is -2.27. The summed E-state index contributed by atoms with van der Waals surface area (Å²) in [5.74, 6) is 0.951. The number of hydrogen-bond donors (Lipinski definition) is 2. The van der Waals surface area contributed by atoms with Crippen molar-refractivity contribution in [3.05, 3.63) is 23.8 Å². The second kappa shape index (κ2) is 6.11. The predicted octanol–water partition coefficient (Wildman–Crippen LogP) is 1.65. The lowest BCUT2D eigenvalue weighted by molar-refractivity contribution is 0.273. The Kier molecular flexibility index (Phi) is 4.67. The van der Waals surface area contributed by atoms with E-state index in [-0.39, 0.29) is 17.5 Å². The zero-order valence-corrected chi connectivity index (χ0v) is 12.6. The third kappa shape index (κ3) is 3.31. The average molecular weight is 299 g/mol. The molecule has 1 aromatic carbocycles. The Morgan fingerprint density at radius 1 is 1.45 bits per heavy atom. The normalized spacial score (nSPS) is 21.8. The van der Waals surface area contributed by atoms with E-state index in [0.29, 0.717) is 17.2 Å². The third-order valence-electron chi connectivity index (χ3n) is 3.62. The summed E-state index contributed by atoms with van der Waals surface area (Å²) in [6.45, 7) is 1.84. The Hall–Kier alpha value is -1.11. The second-order valence-corrected chi connectivity index (χ2v) is 6.86. The fourth-order valence-corrected chi connectivity index (χ4v) is 3.76. The van der Waals surface area contributed by atoms with Gasteiger partial charge < -0.3 is 9.84 Å². The van der Waals surface area contributed by atoms with E-state index in [1.807, 2.05) is 0 Å². The molecule has 1 saturated carbocycles. The first kappa shape index (κ1) is 15.3. The smallest absolute Gasteiger partial charge is 0.240 e. The molecule has 0 aromatic heterocycles. The molecule has 112 valence electrons. The molecule has 1 aromatic rings. The highest BCUT2D eigenvalue weighted by Gasteiger charge is 2.39. The van der Waals surface area contributed by atoms with E-state index in [9.17, 15) is 13.5 Å². The highest BCUT2D eigenvalue weighted by molar-refractivity contribution is 7.89. The van der Waals surface area contributed by atoms with Crippen LogP contribution in [0.3, 0.4) is 0 Å². The van der Waals surface area contributed by atoms with Gasteiger partial charge in [0.2, 0.25) is 10.0 Å². The largest absolute Gasteiger partial charge is 0.496 e. The van der Waals surface area contributed by atoms with Crippen molar-refractivity contribution >= 4 is 10.0 Å². The van der Waals surface area contributed by atoms with Gasteiger partial charge in [-0.2, -0.15) is 0 Å². The minimum Gasteiger partial charge on any atom is -0.496 e. The molecule has 0 aliphatic heterocycles. The van der Waals surface area contributed by atoms with Gasteiger partial charge in [-0.3, -0.25) is 0 Å². The second-order valence-electron chi connectivity index (χ2n) is 5.14. The van der Waals surface area contributed by atoms with Gasteiger partial charge in [-0.1, -0.05) is 13.3 Å². The molecule has 1 aliphatic carbocycles. The molecule has 5 nitrogen and oxygen atoms in total. The monoisotopic (exact) mass is 299 g/mol. The average Bonchev–Trinajstić information content (AvgIpc) is 3.15. The molecule has 0 saturated heterocycles. The van der Waals surface area contributed by atoms with E-state index in [0.717, 1.165) is 19.3 Å². The molecule has 1 fully saturated rings. The first-order valence-corrected chi connectivity index (χ1v) is 8.30. The molecule has 6 heteroatoms. The molecule has 2 rings (SSSR count). The molecule has 0 heterocycles. The fourth-order valence-electron chi connectivity index (χ4n) is 2.39. The summed E-state index contributed by atoms with van der Waals surface area (Å²) in [6.07, 6.45) is 3.04. The number of aliphatic hydroxyl groups excluding tert-OH is 1. The van der Waals surface area contributed by atoms with Gasteiger partial charge in [0.25, 0.3) is 0 Å². The van der Waals surface area contributed by atoms with Gasteiger partial charge in [0, 0.05) is 11.6 Å². The van der Waals surface area contributed by atoms with E-state index in [4.69, 9.17) is 4.74 Å². The Labute approximate surface area is 120 Å². The summed E-state index contributed by atoms with van der Waals surface area (Å²) in [7, 11) is -2.04. The Morgan fingerprint density at radius 3 is 2.80 bits per heavy atom. The van der Waals surface area contributed by atoms with Crippen LogP contribution in [0.4, 0.5) is 0 Å². The van der Waals surface area contributed by atoms with Crippen LogP contribution in [0.1, 0.15) is 31.7 Å². The van der Waals surface area contributed by atoms with Crippen LogP contribution >= 0.6 is 0 Å². The summed E-state index contributed by atoms with van der Waals surface area (Å²) in [5, 5.41) is 9.25. The summed E-state index contributed by atoms with van der Waals surface area (Å²) < 4.78 is 32.3. The van der Waals surface area contributed by atoms with Crippen LogP contribution in [0.15, 0.2) is 23.1 Å². The van der Waals surface area contributed by atoms with Crippen molar-refractivity contribution < 1.29 is 18.3 Å². The number of nitrogens with one attached hydrogen (secondary N) is 1. The Bertz CT molecular complexity index is 571. The molecule has 2 atom stereocenters. The van der Waals surface area contributed by atoms with E-state index >= 15 is 0 Å². The van der Waals surface area contributed by atoms with E-state index in [1.54, 1.807) is 6.07 Å². The van der Waals surface area contributed by atoms with Crippen LogP contribution in [0.25, 0.3) is 0 Å². The van der Waals surface area contributed by atoms with Crippen molar-refractivity contribution in [2.45, 2.75) is 43.7 Å². The summed E-state index contributed by atoms with van der Waals surface area (Å²) in [4.78, 5) is 0.171. The fraction of sp³-hybridized carbons (Fsp3) is 0.571. The molecular formula is C14H21NO4S. The minimum atomic E-state index is -3.52. The molecular weight excluding hydrogens is 278 g/mol. The third-order valence-corrected chi connectivity index (χ3v) is 5.11. The van der Waals surface area contributed by atoms with E-state index in [1.165, 1.54) is 19.2 Å². The van der Waals surface area contributed by atoms with Crippen molar-refractivity contribution in [2.75, 3.05) is 7.11 Å². The number of hydrogen-bond acceptors (Lipinski definition) is 4. The maximum Gasteiger partial charge on any atom is 0.240 e. The van der Waals surface area contributed by atoms with Crippen molar-refractivity contribution in [3.8, 4) is 5.75 Å². The molecule has 0 amide bonds. The number of methoxy groups -OCH3 is 1. The maximum atomic E-state index is 12.3. The predicted molar refractivity (Wildman–Crippen MR) is 76.0 cm³/mol. The zero-order valence-electron chi connectivity index (χ0n) is 11.8. The molecule has 2 N–H and O–H groups in total. The van der Waals surface area contributed by atoms with Crippen LogP contribution < -0.4 is 9.46 Å². The summed E-state index contributed by atoms with van der Waals surface area (Å²) in [6, 6.07) is 4.58. The first-order valence-electron chi connectivity index (χ1n) is 6.82. The van der Waals surface area contributed by atoms with Crippen LogP contribution in [-0.2, 0) is 16.6 Å². The van der Waals surface area contributed by atoms with E-state index < -0.39 is 10.0 Å². The minimum absolute atomic E-state index is 0.0552. The summed E-state index contributed by atoms with van der Waals surface area (Å²) in [5.41, 5.74) is 0.469. The maximum absolute atomic E-state index is 12.3. The van der Waals surface area contributed by atoms with Crippen LogP contribution in [0, 0.1) is 5.92 Å². The molecule has 0 spiro atoms. The van der Waals surface area contributed by atoms with Gasteiger partial charge in [0.15, 0.2) is 0 Å². The molecule has 0 radical (unpaired) electrons. The zero-order chi connectivity index (χ0) is 14.8. The summed E-state index contributed by atoms with van der Waals surface area (Å²) >= 11 is 0. The molecule has 1 aliphatic rings.